The highest BCUT2D eigenvalue weighted by molar-refractivity contribution is 6.33. The molecule has 0 radical (unpaired) electrons. The number of carbonyl (C=O) groups excluding carboxylic acids is 5. The molecule has 0 bridgehead atoms. The zero-order valence-electron chi connectivity index (χ0n) is 23.5. The monoisotopic (exact) mass is 574 g/mol. The van der Waals surface area contributed by atoms with Gasteiger partial charge in [-0.1, -0.05) is 29.8 Å². The number of aryl methyl sites for hydroxylation is 1. The van der Waals surface area contributed by atoms with Gasteiger partial charge in [0.2, 0.25) is 17.6 Å². The molecule has 0 N–H and O–H groups in total. The Morgan fingerprint density at radius 3 is 2.29 bits per heavy atom. The van der Waals surface area contributed by atoms with Crippen molar-refractivity contribution >= 4 is 46.5 Å². The van der Waals surface area contributed by atoms with Crippen molar-refractivity contribution in [3.8, 4) is 0 Å². The summed E-state index contributed by atoms with van der Waals surface area (Å²) in [6.07, 6.45) is 2.73. The summed E-state index contributed by atoms with van der Waals surface area (Å²) in [5.74, 6) is -2.95. The van der Waals surface area contributed by atoms with Gasteiger partial charge in [0.15, 0.2) is 11.2 Å². The molecule has 3 heterocycles. The highest BCUT2D eigenvalue weighted by Crippen LogP contribution is 2.48. The number of pyridine rings is 1. The van der Waals surface area contributed by atoms with Gasteiger partial charge in [-0.3, -0.25) is 28.9 Å². The fraction of sp³-hybridized carbons (Fsp3) is 0.367. The van der Waals surface area contributed by atoms with Crippen LogP contribution in [0.25, 0.3) is 17.0 Å². The zero-order chi connectivity index (χ0) is 30.0. The first-order valence-corrected chi connectivity index (χ1v) is 13.5. The van der Waals surface area contributed by atoms with Crippen molar-refractivity contribution in [2.45, 2.75) is 57.1 Å². The third-order valence-corrected chi connectivity index (χ3v) is 7.72. The first-order valence-electron chi connectivity index (χ1n) is 13.5. The number of fused-ring (bicyclic) bond motifs is 1. The Bertz CT molecular complexity index is 1590. The number of methoxy groups -OCH3 is 2. The number of Topliss-reactive ketones (excluding diaryl/α,β-unsaturated/α-hetero) is 1. The molecule has 12 heteroatoms. The number of carbonyl (C=O) groups is 5. The van der Waals surface area contributed by atoms with Crippen molar-refractivity contribution in [1.82, 2.24) is 19.5 Å². The summed E-state index contributed by atoms with van der Waals surface area (Å²) in [6.45, 7) is 1.94. The van der Waals surface area contributed by atoms with Gasteiger partial charge in [-0.25, -0.2) is 9.50 Å². The minimum absolute atomic E-state index is 0.187. The van der Waals surface area contributed by atoms with E-state index in [1.807, 2.05) is 37.3 Å². The Morgan fingerprint density at radius 1 is 1.00 bits per heavy atom. The lowest BCUT2D eigenvalue weighted by atomic mass is 9.77. The molecule has 218 valence electrons. The third-order valence-electron chi connectivity index (χ3n) is 7.72. The van der Waals surface area contributed by atoms with Gasteiger partial charge in [-0.2, -0.15) is 5.10 Å². The smallest absolute Gasteiger partial charge is 0.315 e. The summed E-state index contributed by atoms with van der Waals surface area (Å²) in [4.78, 5) is 69.1. The van der Waals surface area contributed by atoms with Crippen LogP contribution in [0.3, 0.4) is 0 Å². The molecule has 0 atom stereocenters. The summed E-state index contributed by atoms with van der Waals surface area (Å²) < 4.78 is 17.4. The van der Waals surface area contributed by atoms with E-state index in [4.69, 9.17) is 4.74 Å². The number of imide groups is 1. The standard InChI is InChI=1S/C30H30N4O8/c1-18-5-4-6-19(13-18)27-28(20-7-8-22-31-17-32-33(22)16-20)42-30(29(27)39)11-9-21(10-12-30)34(23(35)14-25(37)40-2)24(36)15-26(38)41-3/h4-8,13,16-17,21H,9-12,14-15H2,1-3H3. The SMILES string of the molecule is COC(=O)CC(=O)N(C(=O)CC(=O)OC)C1CCC2(CC1)OC(c1ccc3ncnn3c1)=C(c1cccc(C)c1)C2=O. The summed E-state index contributed by atoms with van der Waals surface area (Å²) in [7, 11) is 2.28. The molecule has 1 spiro atoms. The first kappa shape index (κ1) is 28.7. The van der Waals surface area contributed by atoms with E-state index in [2.05, 4.69) is 19.6 Å². The van der Waals surface area contributed by atoms with Crippen molar-refractivity contribution in [2.75, 3.05) is 14.2 Å². The molecule has 1 aliphatic heterocycles. The summed E-state index contributed by atoms with van der Waals surface area (Å²) >= 11 is 0. The second-order valence-electron chi connectivity index (χ2n) is 10.4. The number of hydrogen-bond acceptors (Lipinski definition) is 10. The molecule has 2 aromatic heterocycles. The average molecular weight is 575 g/mol. The molecule has 2 aliphatic rings. The molecule has 12 nitrogen and oxygen atoms in total. The maximum atomic E-state index is 14.2. The minimum Gasteiger partial charge on any atom is -0.478 e. The lowest BCUT2D eigenvalue weighted by Gasteiger charge is -2.39. The van der Waals surface area contributed by atoms with E-state index < -0.39 is 48.2 Å². The van der Waals surface area contributed by atoms with Crippen LogP contribution in [0.15, 0.2) is 48.9 Å². The number of benzene rings is 1. The van der Waals surface area contributed by atoms with Crippen LogP contribution in [-0.4, -0.2) is 74.9 Å². The molecule has 2 amide bonds. The Kier molecular flexibility index (Phi) is 7.88. The number of ketones is 1. The highest BCUT2D eigenvalue weighted by Gasteiger charge is 2.53. The molecule has 42 heavy (non-hydrogen) atoms. The van der Waals surface area contributed by atoms with Gasteiger partial charge >= 0.3 is 11.9 Å². The van der Waals surface area contributed by atoms with Crippen LogP contribution < -0.4 is 0 Å². The van der Waals surface area contributed by atoms with E-state index in [1.165, 1.54) is 6.33 Å². The van der Waals surface area contributed by atoms with Crippen molar-refractivity contribution in [3.05, 3.63) is 65.6 Å². The largest absolute Gasteiger partial charge is 0.478 e. The van der Waals surface area contributed by atoms with Gasteiger partial charge in [0.05, 0.1) is 19.8 Å². The molecule has 1 fully saturated rings. The van der Waals surface area contributed by atoms with Gasteiger partial charge in [0.25, 0.3) is 0 Å². The fourth-order valence-corrected chi connectivity index (χ4v) is 5.61. The molecular formula is C30H30N4O8. The van der Waals surface area contributed by atoms with Crippen LogP contribution in [0.2, 0.25) is 0 Å². The van der Waals surface area contributed by atoms with Crippen LogP contribution in [-0.2, 0) is 38.2 Å². The quantitative estimate of drug-likeness (QED) is 0.305. The van der Waals surface area contributed by atoms with Crippen LogP contribution in [0, 0.1) is 6.92 Å². The highest BCUT2D eigenvalue weighted by atomic mass is 16.5. The lowest BCUT2D eigenvalue weighted by molar-refractivity contribution is -0.156. The van der Waals surface area contributed by atoms with Gasteiger partial charge in [0, 0.05) is 17.8 Å². The summed E-state index contributed by atoms with van der Waals surface area (Å²) in [5.41, 5.74) is 2.22. The van der Waals surface area contributed by atoms with Crippen LogP contribution in [0.4, 0.5) is 0 Å². The van der Waals surface area contributed by atoms with Gasteiger partial charge < -0.3 is 14.2 Å². The maximum absolute atomic E-state index is 14.2. The normalized spacial score (nSPS) is 20.0. The van der Waals surface area contributed by atoms with Crippen molar-refractivity contribution in [3.63, 3.8) is 0 Å². The molecule has 1 aliphatic carbocycles. The van der Waals surface area contributed by atoms with Gasteiger partial charge in [0.1, 0.15) is 24.9 Å². The minimum atomic E-state index is -1.22. The maximum Gasteiger partial charge on any atom is 0.315 e. The molecule has 1 aromatic carbocycles. The topological polar surface area (TPSA) is 146 Å². The summed E-state index contributed by atoms with van der Waals surface area (Å²) in [6, 6.07) is 10.6. The van der Waals surface area contributed by atoms with Crippen LogP contribution in [0.5, 0.6) is 0 Å². The Hall–Kier alpha value is -4.87. The molecule has 0 unspecified atom stereocenters. The molecule has 1 saturated carbocycles. The van der Waals surface area contributed by atoms with Crippen LogP contribution in [0.1, 0.15) is 55.2 Å². The molecule has 0 saturated heterocycles. The Labute approximate surface area is 241 Å². The third kappa shape index (κ3) is 5.39. The second kappa shape index (κ2) is 11.6. The number of rotatable bonds is 7. The average Bonchev–Trinajstić information content (AvgIpc) is 3.56. The van der Waals surface area contributed by atoms with E-state index >= 15 is 0 Å². The predicted octanol–water partition coefficient (Wildman–Crippen LogP) is 2.67. The Balaban J connectivity index is 1.45. The fourth-order valence-electron chi connectivity index (χ4n) is 5.61. The lowest BCUT2D eigenvalue weighted by Crippen LogP contribution is -2.51. The Morgan fingerprint density at radius 2 is 1.67 bits per heavy atom. The number of nitrogens with zero attached hydrogens (tertiary/aromatic N) is 4. The number of ether oxygens (including phenoxy) is 3. The van der Waals surface area contributed by atoms with E-state index in [0.717, 1.165) is 30.2 Å². The predicted molar refractivity (Wildman–Crippen MR) is 147 cm³/mol. The van der Waals surface area contributed by atoms with Crippen LogP contribution >= 0.6 is 0 Å². The zero-order valence-corrected chi connectivity index (χ0v) is 23.5. The van der Waals surface area contributed by atoms with E-state index in [9.17, 15) is 24.0 Å². The number of amides is 2. The van der Waals surface area contributed by atoms with Gasteiger partial charge in [-0.15, -0.1) is 0 Å². The number of hydrogen-bond donors (Lipinski definition) is 0. The van der Waals surface area contributed by atoms with E-state index in [-0.39, 0.29) is 31.5 Å². The van der Waals surface area contributed by atoms with Crippen molar-refractivity contribution in [1.29, 1.82) is 0 Å². The first-order chi connectivity index (χ1) is 20.2. The van der Waals surface area contributed by atoms with Gasteiger partial charge in [-0.05, 0) is 50.3 Å². The molecular weight excluding hydrogens is 544 g/mol. The summed E-state index contributed by atoms with van der Waals surface area (Å²) in [5, 5.41) is 4.21. The molecule has 5 rings (SSSR count). The van der Waals surface area contributed by atoms with Crippen molar-refractivity contribution < 1.29 is 38.2 Å². The number of aromatic nitrogens is 3. The van der Waals surface area contributed by atoms with E-state index in [1.54, 1.807) is 16.8 Å². The second-order valence-corrected chi connectivity index (χ2v) is 10.4. The molecule has 3 aromatic rings. The number of esters is 2. The van der Waals surface area contributed by atoms with Crippen molar-refractivity contribution in [2.24, 2.45) is 0 Å². The van der Waals surface area contributed by atoms with E-state index in [0.29, 0.717) is 22.5 Å².